The summed E-state index contributed by atoms with van der Waals surface area (Å²) in [7, 11) is 0. The molecule has 1 aliphatic carbocycles. The number of Topliss-reactive ketones (excluding diaryl/α,β-unsaturated/α-hetero) is 1. The summed E-state index contributed by atoms with van der Waals surface area (Å²) in [6.07, 6.45) is 7.39. The number of hydrogen-bond donors (Lipinski definition) is 1. The average molecular weight is 283 g/mol. The molecule has 2 heterocycles. The summed E-state index contributed by atoms with van der Waals surface area (Å²) in [6.45, 7) is 0.763. The van der Waals surface area contributed by atoms with Crippen molar-refractivity contribution in [2.24, 2.45) is 17.6 Å². The molecule has 3 fully saturated rings. The molecule has 0 radical (unpaired) electrons. The molecule has 2 N–H and O–H groups in total. The highest BCUT2D eigenvalue weighted by atomic mass is 32.2. The lowest BCUT2D eigenvalue weighted by atomic mass is 9.74. The van der Waals surface area contributed by atoms with Crippen LogP contribution in [0.3, 0.4) is 0 Å². The third kappa shape index (κ3) is 2.86. The highest BCUT2D eigenvalue weighted by molar-refractivity contribution is 7.99. The van der Waals surface area contributed by atoms with Gasteiger partial charge < -0.3 is 10.5 Å². The molecule has 3 rings (SSSR count). The normalized spacial score (nSPS) is 43.5. The Kier molecular flexibility index (Phi) is 4.20. The third-order valence-electron chi connectivity index (χ3n) is 5.15. The lowest BCUT2D eigenvalue weighted by molar-refractivity contribution is -0.139. The van der Waals surface area contributed by atoms with Crippen LogP contribution in [-0.4, -0.2) is 35.5 Å². The minimum atomic E-state index is 0.0159. The molecule has 0 aromatic carbocycles. The highest BCUT2D eigenvalue weighted by Gasteiger charge is 2.44. The number of thioether (sulfide) groups is 1. The van der Waals surface area contributed by atoms with Crippen molar-refractivity contribution >= 4 is 17.5 Å². The number of carbonyl (C=O) groups is 1. The zero-order chi connectivity index (χ0) is 13.3. The van der Waals surface area contributed by atoms with E-state index in [4.69, 9.17) is 10.5 Å². The molecule has 1 saturated carbocycles. The predicted molar refractivity (Wildman–Crippen MR) is 78.3 cm³/mol. The van der Waals surface area contributed by atoms with Crippen LogP contribution in [0.1, 0.15) is 44.9 Å². The Morgan fingerprint density at radius 3 is 2.84 bits per heavy atom. The second kappa shape index (κ2) is 5.74. The number of ketones is 1. The van der Waals surface area contributed by atoms with Crippen LogP contribution in [0.2, 0.25) is 0 Å². The lowest BCUT2D eigenvalue weighted by Crippen LogP contribution is -2.46. The molecule has 0 bridgehead atoms. The van der Waals surface area contributed by atoms with Gasteiger partial charge in [0.25, 0.3) is 0 Å². The van der Waals surface area contributed by atoms with Crippen LogP contribution in [0.4, 0.5) is 0 Å². The van der Waals surface area contributed by atoms with E-state index >= 15 is 0 Å². The summed E-state index contributed by atoms with van der Waals surface area (Å²) in [4.78, 5) is 12.8. The maximum Gasteiger partial charge on any atom is 0.140 e. The number of carbonyl (C=O) groups excluding carboxylic acids is 1. The molecule has 2 saturated heterocycles. The van der Waals surface area contributed by atoms with Gasteiger partial charge in [0.05, 0.1) is 5.60 Å². The zero-order valence-corrected chi connectivity index (χ0v) is 12.4. The standard InChI is InChI=1S/C15H25NO2S/c16-13-4-2-1-3-12(13)14(17)11-5-7-18-15(9-11)6-8-19-10-15/h11-13H,1-10,16H2. The fraction of sp³-hybridized carbons (Fsp3) is 0.933. The van der Waals surface area contributed by atoms with Crippen molar-refractivity contribution in [2.75, 3.05) is 18.1 Å². The van der Waals surface area contributed by atoms with E-state index in [1.54, 1.807) is 0 Å². The van der Waals surface area contributed by atoms with Crippen LogP contribution in [0, 0.1) is 11.8 Å². The Bertz CT molecular complexity index is 341. The van der Waals surface area contributed by atoms with Gasteiger partial charge in [0.15, 0.2) is 0 Å². The van der Waals surface area contributed by atoms with Gasteiger partial charge >= 0.3 is 0 Å². The Labute approximate surface area is 120 Å². The van der Waals surface area contributed by atoms with Gasteiger partial charge in [0, 0.05) is 30.2 Å². The fourth-order valence-electron chi connectivity index (χ4n) is 3.95. The van der Waals surface area contributed by atoms with Crippen LogP contribution in [0.15, 0.2) is 0 Å². The van der Waals surface area contributed by atoms with E-state index in [-0.39, 0.29) is 23.5 Å². The van der Waals surface area contributed by atoms with Crippen molar-refractivity contribution in [3.8, 4) is 0 Å². The molecule has 4 atom stereocenters. The average Bonchev–Trinajstić information content (AvgIpc) is 2.86. The van der Waals surface area contributed by atoms with E-state index in [9.17, 15) is 4.79 Å². The Morgan fingerprint density at radius 1 is 1.26 bits per heavy atom. The van der Waals surface area contributed by atoms with Crippen molar-refractivity contribution in [3.05, 3.63) is 0 Å². The van der Waals surface area contributed by atoms with Crippen LogP contribution >= 0.6 is 11.8 Å². The Morgan fingerprint density at radius 2 is 2.11 bits per heavy atom. The summed E-state index contributed by atoms with van der Waals surface area (Å²) in [5.41, 5.74) is 6.19. The van der Waals surface area contributed by atoms with Gasteiger partial charge in [-0.15, -0.1) is 0 Å². The first kappa shape index (κ1) is 13.9. The number of hydrogen-bond acceptors (Lipinski definition) is 4. The van der Waals surface area contributed by atoms with Gasteiger partial charge in [0.2, 0.25) is 0 Å². The molecule has 3 nitrogen and oxygen atoms in total. The molecule has 2 aliphatic heterocycles. The van der Waals surface area contributed by atoms with Crippen molar-refractivity contribution in [2.45, 2.75) is 56.6 Å². The van der Waals surface area contributed by atoms with Crippen molar-refractivity contribution in [1.29, 1.82) is 0 Å². The van der Waals surface area contributed by atoms with Gasteiger partial charge in [0.1, 0.15) is 5.78 Å². The van der Waals surface area contributed by atoms with Gasteiger partial charge in [-0.1, -0.05) is 12.8 Å². The molecule has 19 heavy (non-hydrogen) atoms. The smallest absolute Gasteiger partial charge is 0.140 e. The van der Waals surface area contributed by atoms with Crippen LogP contribution in [0.25, 0.3) is 0 Å². The van der Waals surface area contributed by atoms with Crippen molar-refractivity contribution < 1.29 is 9.53 Å². The maximum absolute atomic E-state index is 12.8. The topological polar surface area (TPSA) is 52.3 Å². The molecule has 0 aromatic rings. The van der Waals surface area contributed by atoms with Crippen LogP contribution < -0.4 is 5.73 Å². The molecule has 3 aliphatic rings. The molecule has 1 spiro atoms. The molecule has 0 aromatic heterocycles. The first-order valence-corrected chi connectivity index (χ1v) is 8.87. The summed E-state index contributed by atoms with van der Waals surface area (Å²) in [5, 5.41) is 0. The fourth-order valence-corrected chi connectivity index (χ4v) is 5.33. The van der Waals surface area contributed by atoms with E-state index < -0.39 is 0 Å². The molecule has 4 unspecified atom stereocenters. The lowest BCUT2D eigenvalue weighted by Gasteiger charge is -2.39. The van der Waals surface area contributed by atoms with Gasteiger partial charge in [-0.25, -0.2) is 0 Å². The van der Waals surface area contributed by atoms with E-state index in [1.165, 1.54) is 18.6 Å². The predicted octanol–water partition coefficient (Wildman–Crippen LogP) is 2.38. The van der Waals surface area contributed by atoms with Crippen molar-refractivity contribution in [3.63, 3.8) is 0 Å². The van der Waals surface area contributed by atoms with E-state index in [2.05, 4.69) is 0 Å². The van der Waals surface area contributed by atoms with E-state index in [1.807, 2.05) is 11.8 Å². The van der Waals surface area contributed by atoms with Gasteiger partial charge in [-0.2, -0.15) is 11.8 Å². The molecular weight excluding hydrogens is 258 g/mol. The Hall–Kier alpha value is -0.0600. The number of ether oxygens (including phenoxy) is 1. The minimum absolute atomic E-state index is 0.0159. The Balaban J connectivity index is 1.65. The molecule has 108 valence electrons. The summed E-state index contributed by atoms with van der Waals surface area (Å²) in [6, 6.07) is 0.109. The second-order valence-electron chi connectivity index (χ2n) is 6.48. The second-order valence-corrected chi connectivity index (χ2v) is 7.59. The number of rotatable bonds is 2. The maximum atomic E-state index is 12.8. The highest BCUT2D eigenvalue weighted by Crippen LogP contribution is 2.42. The quantitative estimate of drug-likeness (QED) is 0.845. The van der Waals surface area contributed by atoms with E-state index in [0.717, 1.165) is 44.5 Å². The first-order chi connectivity index (χ1) is 9.20. The zero-order valence-electron chi connectivity index (χ0n) is 11.6. The van der Waals surface area contributed by atoms with Crippen LogP contribution in [-0.2, 0) is 9.53 Å². The monoisotopic (exact) mass is 283 g/mol. The first-order valence-electron chi connectivity index (χ1n) is 7.71. The summed E-state index contributed by atoms with van der Waals surface area (Å²) in [5.74, 6) is 3.05. The SMILES string of the molecule is NC1CCCCC1C(=O)C1CCOC2(CCSC2)C1. The van der Waals surface area contributed by atoms with Gasteiger partial charge in [-0.3, -0.25) is 4.79 Å². The molecule has 4 heteroatoms. The number of nitrogens with two attached hydrogens (primary N) is 1. The summed E-state index contributed by atoms with van der Waals surface area (Å²) < 4.78 is 6.02. The largest absolute Gasteiger partial charge is 0.374 e. The molecular formula is C15H25NO2S. The van der Waals surface area contributed by atoms with Crippen molar-refractivity contribution in [1.82, 2.24) is 0 Å². The summed E-state index contributed by atoms with van der Waals surface area (Å²) >= 11 is 1.97. The molecule has 0 amide bonds. The van der Waals surface area contributed by atoms with E-state index in [0.29, 0.717) is 5.78 Å². The minimum Gasteiger partial charge on any atom is -0.374 e. The van der Waals surface area contributed by atoms with Gasteiger partial charge in [-0.05, 0) is 37.9 Å². The third-order valence-corrected chi connectivity index (χ3v) is 6.37. The van der Waals surface area contributed by atoms with Crippen LogP contribution in [0.5, 0.6) is 0 Å².